The average molecular weight is 205 g/mol. The summed E-state index contributed by atoms with van der Waals surface area (Å²) in [4.78, 5) is 20.9. The van der Waals surface area contributed by atoms with E-state index in [2.05, 4.69) is 17.4 Å². The molecule has 0 radical (unpaired) electrons. The molecule has 0 aromatic heterocycles. The van der Waals surface area contributed by atoms with Crippen molar-refractivity contribution in [2.75, 3.05) is 0 Å². The van der Waals surface area contributed by atoms with Gasteiger partial charge in [0.2, 0.25) is 6.29 Å². The standard InChI is InChI=1S/C12H15NO2/c1-8-4-9(2)11(10(3)5-8)6-13-12(15)7-14/h4-5,7H,6H2,1-3H3,(H,13,15). The molecular weight excluding hydrogens is 190 g/mol. The minimum Gasteiger partial charge on any atom is -0.346 e. The number of aryl methyl sites for hydroxylation is 3. The number of nitrogens with one attached hydrogen (secondary N) is 1. The molecule has 0 atom stereocenters. The Morgan fingerprint density at radius 3 is 2.27 bits per heavy atom. The van der Waals surface area contributed by atoms with E-state index in [4.69, 9.17) is 0 Å². The van der Waals surface area contributed by atoms with Crippen LogP contribution in [-0.4, -0.2) is 12.2 Å². The second kappa shape index (κ2) is 4.73. The number of aldehydes is 1. The fourth-order valence-electron chi connectivity index (χ4n) is 1.71. The molecule has 0 saturated carbocycles. The highest BCUT2D eigenvalue weighted by Gasteiger charge is 2.05. The molecule has 0 saturated heterocycles. The van der Waals surface area contributed by atoms with Crippen LogP contribution in [0, 0.1) is 20.8 Å². The van der Waals surface area contributed by atoms with E-state index in [0.29, 0.717) is 12.8 Å². The number of hydrogen-bond acceptors (Lipinski definition) is 2. The lowest BCUT2D eigenvalue weighted by Crippen LogP contribution is -2.24. The van der Waals surface area contributed by atoms with Crippen molar-refractivity contribution in [1.82, 2.24) is 5.32 Å². The molecule has 80 valence electrons. The molecule has 0 fully saturated rings. The lowest BCUT2D eigenvalue weighted by atomic mass is 10.00. The first kappa shape index (κ1) is 11.4. The summed E-state index contributed by atoms with van der Waals surface area (Å²) in [5.41, 5.74) is 4.56. The van der Waals surface area contributed by atoms with Crippen molar-refractivity contribution >= 4 is 12.2 Å². The van der Waals surface area contributed by atoms with Crippen LogP contribution in [0.3, 0.4) is 0 Å². The van der Waals surface area contributed by atoms with Crippen LogP contribution in [0.5, 0.6) is 0 Å². The number of carbonyl (C=O) groups is 2. The fourth-order valence-corrected chi connectivity index (χ4v) is 1.71. The van der Waals surface area contributed by atoms with E-state index in [0.717, 1.165) is 16.7 Å². The van der Waals surface area contributed by atoms with Crippen molar-refractivity contribution in [2.45, 2.75) is 27.3 Å². The minimum absolute atomic E-state index is 0.291. The van der Waals surface area contributed by atoms with Gasteiger partial charge in [-0.1, -0.05) is 17.7 Å². The van der Waals surface area contributed by atoms with E-state index in [1.807, 2.05) is 20.8 Å². The molecule has 0 aliphatic carbocycles. The summed E-state index contributed by atoms with van der Waals surface area (Å²) in [6.07, 6.45) is 0.291. The van der Waals surface area contributed by atoms with Gasteiger partial charge in [-0.25, -0.2) is 0 Å². The summed E-state index contributed by atoms with van der Waals surface area (Å²) in [6.45, 7) is 6.45. The fraction of sp³-hybridized carbons (Fsp3) is 0.333. The van der Waals surface area contributed by atoms with E-state index >= 15 is 0 Å². The molecule has 0 aliphatic heterocycles. The van der Waals surface area contributed by atoms with Crippen LogP contribution in [0.15, 0.2) is 12.1 Å². The molecule has 15 heavy (non-hydrogen) atoms. The third-order valence-corrected chi connectivity index (χ3v) is 2.39. The maximum atomic E-state index is 10.8. The number of carbonyl (C=O) groups excluding carboxylic acids is 2. The van der Waals surface area contributed by atoms with Crippen molar-refractivity contribution in [2.24, 2.45) is 0 Å². The molecule has 0 unspecified atom stereocenters. The molecule has 0 bridgehead atoms. The van der Waals surface area contributed by atoms with Crippen LogP contribution >= 0.6 is 0 Å². The van der Waals surface area contributed by atoms with Crippen LogP contribution in [0.2, 0.25) is 0 Å². The van der Waals surface area contributed by atoms with Crippen molar-refractivity contribution in [3.05, 3.63) is 34.4 Å². The Balaban J connectivity index is 2.85. The zero-order valence-electron chi connectivity index (χ0n) is 9.26. The number of rotatable bonds is 3. The molecule has 1 amide bonds. The first-order valence-electron chi connectivity index (χ1n) is 4.84. The first-order chi connectivity index (χ1) is 7.04. The van der Waals surface area contributed by atoms with Gasteiger partial charge in [-0.2, -0.15) is 0 Å². The average Bonchev–Trinajstić information content (AvgIpc) is 2.15. The van der Waals surface area contributed by atoms with Gasteiger partial charge in [-0.15, -0.1) is 0 Å². The summed E-state index contributed by atoms with van der Waals surface area (Å²) >= 11 is 0. The molecule has 1 aromatic carbocycles. The zero-order valence-corrected chi connectivity index (χ0v) is 9.26. The quantitative estimate of drug-likeness (QED) is 0.599. The lowest BCUT2D eigenvalue weighted by Gasteiger charge is -2.11. The molecule has 3 nitrogen and oxygen atoms in total. The van der Waals surface area contributed by atoms with Gasteiger partial charge in [0.05, 0.1) is 0 Å². The molecular formula is C12H15NO2. The van der Waals surface area contributed by atoms with Gasteiger partial charge in [-0.05, 0) is 37.5 Å². The maximum absolute atomic E-state index is 10.8. The van der Waals surface area contributed by atoms with Crippen molar-refractivity contribution in [3.8, 4) is 0 Å². The van der Waals surface area contributed by atoms with E-state index < -0.39 is 5.91 Å². The second-order valence-electron chi connectivity index (χ2n) is 3.71. The van der Waals surface area contributed by atoms with Gasteiger partial charge < -0.3 is 5.32 Å². The highest BCUT2D eigenvalue weighted by Crippen LogP contribution is 2.15. The Morgan fingerprint density at radius 1 is 1.27 bits per heavy atom. The molecule has 0 heterocycles. The van der Waals surface area contributed by atoms with E-state index in [1.54, 1.807) is 0 Å². The smallest absolute Gasteiger partial charge is 0.284 e. The van der Waals surface area contributed by atoms with Gasteiger partial charge in [0.25, 0.3) is 5.91 Å². The summed E-state index contributed by atoms with van der Waals surface area (Å²) in [6, 6.07) is 4.13. The van der Waals surface area contributed by atoms with Gasteiger partial charge >= 0.3 is 0 Å². The minimum atomic E-state index is -0.575. The first-order valence-corrected chi connectivity index (χ1v) is 4.84. The molecule has 0 aliphatic rings. The summed E-state index contributed by atoms with van der Waals surface area (Å²) in [5, 5.41) is 2.54. The maximum Gasteiger partial charge on any atom is 0.284 e. The third-order valence-electron chi connectivity index (χ3n) is 2.39. The molecule has 1 rings (SSSR count). The largest absolute Gasteiger partial charge is 0.346 e. The Labute approximate surface area is 89.5 Å². The van der Waals surface area contributed by atoms with Crippen LogP contribution in [-0.2, 0) is 16.1 Å². The molecule has 1 N–H and O–H groups in total. The van der Waals surface area contributed by atoms with Crippen molar-refractivity contribution in [3.63, 3.8) is 0 Å². The third kappa shape index (κ3) is 2.91. The highest BCUT2D eigenvalue weighted by molar-refractivity contribution is 6.23. The Kier molecular flexibility index (Phi) is 3.61. The molecule has 1 aromatic rings. The SMILES string of the molecule is Cc1cc(C)c(CNC(=O)C=O)c(C)c1. The molecule has 3 heteroatoms. The predicted molar refractivity (Wildman–Crippen MR) is 58.6 cm³/mol. The topological polar surface area (TPSA) is 46.2 Å². The second-order valence-corrected chi connectivity index (χ2v) is 3.71. The highest BCUT2D eigenvalue weighted by atomic mass is 16.2. The Morgan fingerprint density at radius 2 is 1.80 bits per heavy atom. The monoisotopic (exact) mass is 205 g/mol. The van der Waals surface area contributed by atoms with Gasteiger partial charge in [0, 0.05) is 6.54 Å². The van der Waals surface area contributed by atoms with Gasteiger partial charge in [0.1, 0.15) is 0 Å². The normalized spacial score (nSPS) is 9.80. The Bertz CT molecular complexity index is 374. The summed E-state index contributed by atoms with van der Waals surface area (Å²) in [5.74, 6) is -0.575. The molecule has 0 spiro atoms. The van der Waals surface area contributed by atoms with Gasteiger partial charge in [0.15, 0.2) is 0 Å². The summed E-state index contributed by atoms with van der Waals surface area (Å²) in [7, 11) is 0. The van der Waals surface area contributed by atoms with E-state index in [-0.39, 0.29) is 0 Å². The summed E-state index contributed by atoms with van der Waals surface area (Å²) < 4.78 is 0. The van der Waals surface area contributed by atoms with Crippen LogP contribution < -0.4 is 5.32 Å². The van der Waals surface area contributed by atoms with Crippen LogP contribution in [0.4, 0.5) is 0 Å². The van der Waals surface area contributed by atoms with Crippen molar-refractivity contribution < 1.29 is 9.59 Å². The van der Waals surface area contributed by atoms with Gasteiger partial charge in [-0.3, -0.25) is 9.59 Å². The lowest BCUT2D eigenvalue weighted by molar-refractivity contribution is -0.131. The van der Waals surface area contributed by atoms with E-state index in [9.17, 15) is 9.59 Å². The number of amides is 1. The van der Waals surface area contributed by atoms with Crippen LogP contribution in [0.25, 0.3) is 0 Å². The van der Waals surface area contributed by atoms with Crippen molar-refractivity contribution in [1.29, 1.82) is 0 Å². The zero-order chi connectivity index (χ0) is 11.4. The van der Waals surface area contributed by atoms with E-state index in [1.165, 1.54) is 5.56 Å². The number of benzene rings is 1. The Hall–Kier alpha value is -1.64. The van der Waals surface area contributed by atoms with Crippen LogP contribution in [0.1, 0.15) is 22.3 Å². The number of hydrogen-bond donors (Lipinski definition) is 1. The predicted octanol–water partition coefficient (Wildman–Crippen LogP) is 1.43.